The van der Waals surface area contributed by atoms with Crippen molar-refractivity contribution in [2.45, 2.75) is 38.1 Å². The van der Waals surface area contributed by atoms with E-state index < -0.39 is 11.5 Å². The molecule has 2 N–H and O–H groups in total. The monoisotopic (exact) mass is 442 g/mol. The molecule has 166 valence electrons. The molecule has 4 aromatic rings. The van der Waals surface area contributed by atoms with Crippen molar-refractivity contribution in [1.82, 2.24) is 10.1 Å². The Bertz CT molecular complexity index is 1390. The van der Waals surface area contributed by atoms with Gasteiger partial charge in [0, 0.05) is 5.71 Å². The Balaban J connectivity index is 1.30. The van der Waals surface area contributed by atoms with Gasteiger partial charge in [0.05, 0.1) is 10.9 Å². The molecule has 2 aromatic carbocycles. The highest BCUT2D eigenvalue weighted by Gasteiger charge is 2.49. The zero-order chi connectivity index (χ0) is 22.4. The van der Waals surface area contributed by atoms with Gasteiger partial charge in [-0.15, -0.1) is 0 Å². The van der Waals surface area contributed by atoms with Crippen molar-refractivity contribution in [2.75, 3.05) is 10.6 Å². The minimum atomic E-state index is -0.566. The number of fused-ring (bicyclic) bond motifs is 2. The van der Waals surface area contributed by atoms with Crippen LogP contribution in [-0.2, 0) is 4.79 Å². The summed E-state index contributed by atoms with van der Waals surface area (Å²) in [6, 6.07) is 15.3. The van der Waals surface area contributed by atoms with Gasteiger partial charge in [-0.2, -0.15) is 4.98 Å². The Kier molecular flexibility index (Phi) is 4.49. The molecule has 6 rings (SSSR count). The molecule has 0 saturated heterocycles. The van der Waals surface area contributed by atoms with Crippen molar-refractivity contribution in [3.8, 4) is 0 Å². The lowest BCUT2D eigenvalue weighted by molar-refractivity contribution is -0.119. The number of aromatic nitrogens is 2. The molecule has 1 aliphatic carbocycles. The van der Waals surface area contributed by atoms with E-state index in [0.29, 0.717) is 34.7 Å². The highest BCUT2D eigenvalue weighted by atomic mass is 16.5. The van der Waals surface area contributed by atoms with Crippen LogP contribution >= 0.6 is 0 Å². The second kappa shape index (κ2) is 7.54. The predicted molar refractivity (Wildman–Crippen MR) is 126 cm³/mol. The Morgan fingerprint density at radius 1 is 1.06 bits per heavy atom. The van der Waals surface area contributed by atoms with Gasteiger partial charge in [0.1, 0.15) is 11.4 Å². The van der Waals surface area contributed by atoms with E-state index >= 15 is 0 Å². The van der Waals surface area contributed by atoms with Crippen LogP contribution in [0, 0.1) is 5.92 Å². The maximum atomic E-state index is 13.5. The summed E-state index contributed by atoms with van der Waals surface area (Å²) in [5.74, 6) is 0.152. The van der Waals surface area contributed by atoms with E-state index in [1.807, 2.05) is 55.5 Å². The zero-order valence-corrected chi connectivity index (χ0v) is 18.0. The molecule has 2 aromatic heterocycles. The first-order chi connectivity index (χ1) is 16.1. The number of amides is 1. The van der Waals surface area contributed by atoms with Crippen LogP contribution in [0.5, 0.6) is 0 Å². The van der Waals surface area contributed by atoms with Crippen LogP contribution in [0.1, 0.15) is 32.6 Å². The first-order valence-electron chi connectivity index (χ1n) is 11.0. The highest BCUT2D eigenvalue weighted by molar-refractivity contribution is 6.16. The van der Waals surface area contributed by atoms with Crippen LogP contribution in [0.4, 0.5) is 11.8 Å². The first-order valence-corrected chi connectivity index (χ1v) is 11.0. The van der Waals surface area contributed by atoms with Gasteiger partial charge in [0.15, 0.2) is 17.0 Å². The fourth-order valence-corrected chi connectivity index (χ4v) is 4.98. The van der Waals surface area contributed by atoms with Gasteiger partial charge in [-0.05, 0) is 44.0 Å². The van der Waals surface area contributed by atoms with Crippen molar-refractivity contribution in [1.29, 1.82) is 0 Å². The van der Waals surface area contributed by atoms with Crippen LogP contribution < -0.4 is 10.6 Å². The predicted octanol–water partition coefficient (Wildman–Crippen LogP) is 4.78. The summed E-state index contributed by atoms with van der Waals surface area (Å²) in [5.41, 5.74) is 2.19. The second-order valence-corrected chi connectivity index (χ2v) is 8.56. The quantitative estimate of drug-likeness (QED) is 0.471. The number of hydrogen-bond donors (Lipinski definition) is 2. The molecule has 1 amide bonds. The number of nitrogens with one attached hydrogen (secondary N) is 2. The molecule has 33 heavy (non-hydrogen) atoms. The SMILES string of the molecule is CC1=NC(Nc2nc3ccccc3o2)=NC2(CCCC2)C1C(=O)Nc1noc2ccccc12. The van der Waals surface area contributed by atoms with Crippen LogP contribution in [0.3, 0.4) is 0 Å². The van der Waals surface area contributed by atoms with E-state index in [0.717, 1.165) is 36.6 Å². The Labute approximate surface area is 189 Å². The van der Waals surface area contributed by atoms with E-state index in [1.165, 1.54) is 0 Å². The van der Waals surface area contributed by atoms with Crippen molar-refractivity contribution in [3.63, 3.8) is 0 Å². The van der Waals surface area contributed by atoms with Crippen LogP contribution in [-0.4, -0.2) is 33.3 Å². The lowest BCUT2D eigenvalue weighted by Crippen LogP contribution is -2.49. The number of anilines is 2. The Hall–Kier alpha value is -4.01. The molecule has 0 bridgehead atoms. The average Bonchev–Trinajstić information content (AvgIpc) is 3.52. The molecule has 2 aliphatic rings. The van der Waals surface area contributed by atoms with Crippen molar-refractivity contribution in [2.24, 2.45) is 15.9 Å². The Morgan fingerprint density at radius 3 is 2.64 bits per heavy atom. The zero-order valence-electron chi connectivity index (χ0n) is 18.0. The summed E-state index contributed by atoms with van der Waals surface area (Å²) in [6.07, 6.45) is 3.61. The average molecular weight is 442 g/mol. The van der Waals surface area contributed by atoms with E-state index in [4.69, 9.17) is 13.9 Å². The van der Waals surface area contributed by atoms with Crippen LogP contribution in [0.15, 0.2) is 67.5 Å². The fourth-order valence-electron chi connectivity index (χ4n) is 4.98. The number of para-hydroxylation sites is 3. The molecule has 9 nitrogen and oxygen atoms in total. The molecule has 3 heterocycles. The topological polar surface area (TPSA) is 118 Å². The van der Waals surface area contributed by atoms with Gasteiger partial charge in [-0.25, -0.2) is 9.98 Å². The summed E-state index contributed by atoms with van der Waals surface area (Å²) in [4.78, 5) is 27.5. The maximum absolute atomic E-state index is 13.5. The third kappa shape index (κ3) is 3.36. The summed E-state index contributed by atoms with van der Waals surface area (Å²) in [7, 11) is 0. The van der Waals surface area contributed by atoms with Gasteiger partial charge in [0.2, 0.25) is 11.9 Å². The molecular weight excluding hydrogens is 420 g/mol. The van der Waals surface area contributed by atoms with E-state index in [9.17, 15) is 4.79 Å². The lowest BCUT2D eigenvalue weighted by Gasteiger charge is -2.36. The normalized spacial score (nSPS) is 19.6. The second-order valence-electron chi connectivity index (χ2n) is 8.56. The number of hydrogen-bond acceptors (Lipinski definition) is 8. The molecule has 1 unspecified atom stereocenters. The van der Waals surface area contributed by atoms with E-state index in [2.05, 4.69) is 25.8 Å². The summed E-state index contributed by atoms with van der Waals surface area (Å²) in [6.45, 7) is 1.87. The first kappa shape index (κ1) is 19.7. The Morgan fingerprint density at radius 2 is 1.82 bits per heavy atom. The summed E-state index contributed by atoms with van der Waals surface area (Å²) in [5, 5.41) is 10.9. The maximum Gasteiger partial charge on any atom is 0.302 e. The summed E-state index contributed by atoms with van der Waals surface area (Å²) < 4.78 is 11.1. The molecular formula is C24H22N6O3. The van der Waals surface area contributed by atoms with Crippen molar-refractivity contribution < 1.29 is 13.7 Å². The third-order valence-electron chi connectivity index (χ3n) is 6.43. The number of carbonyl (C=O) groups excluding carboxylic acids is 1. The minimum Gasteiger partial charge on any atom is -0.423 e. The van der Waals surface area contributed by atoms with Crippen molar-refractivity contribution in [3.05, 3.63) is 48.5 Å². The van der Waals surface area contributed by atoms with E-state index in [-0.39, 0.29) is 5.91 Å². The molecule has 9 heteroatoms. The van der Waals surface area contributed by atoms with Gasteiger partial charge in [-0.1, -0.05) is 42.3 Å². The van der Waals surface area contributed by atoms with Crippen molar-refractivity contribution >= 4 is 51.5 Å². The van der Waals surface area contributed by atoms with Gasteiger partial charge in [0.25, 0.3) is 0 Å². The smallest absolute Gasteiger partial charge is 0.302 e. The minimum absolute atomic E-state index is 0.179. The largest absolute Gasteiger partial charge is 0.423 e. The molecule has 1 fully saturated rings. The molecule has 1 saturated carbocycles. The van der Waals surface area contributed by atoms with Crippen LogP contribution in [0.2, 0.25) is 0 Å². The standard InChI is InChI=1S/C24H22N6O3/c1-14-19(21(31)27-20-15-8-2-4-10-17(15)33-30-20)24(12-6-7-13-24)29-22(25-14)28-23-26-16-9-3-5-11-18(16)32-23/h2-5,8-11,19H,6-7,12-13H2,1H3,(H,26,28,29)(H,27,30,31). The van der Waals surface area contributed by atoms with Gasteiger partial charge < -0.3 is 14.3 Å². The summed E-state index contributed by atoms with van der Waals surface area (Å²) >= 11 is 0. The molecule has 1 aliphatic heterocycles. The van der Waals surface area contributed by atoms with Crippen LogP contribution in [0.25, 0.3) is 22.1 Å². The molecule has 0 radical (unpaired) electrons. The number of oxazole rings is 1. The number of nitrogens with zero attached hydrogens (tertiary/aromatic N) is 4. The van der Waals surface area contributed by atoms with Gasteiger partial charge in [-0.3, -0.25) is 10.1 Å². The lowest BCUT2D eigenvalue weighted by atomic mass is 9.78. The number of rotatable bonds is 3. The number of aliphatic imine (C=N–C) groups is 2. The fraction of sp³-hybridized carbons (Fsp3) is 0.292. The molecule has 1 spiro atoms. The number of carbonyl (C=O) groups is 1. The number of benzene rings is 2. The number of guanidine groups is 1. The third-order valence-corrected chi connectivity index (χ3v) is 6.43. The molecule has 1 atom stereocenters. The van der Waals surface area contributed by atoms with E-state index in [1.54, 1.807) is 0 Å². The highest BCUT2D eigenvalue weighted by Crippen LogP contribution is 2.43. The van der Waals surface area contributed by atoms with Gasteiger partial charge >= 0.3 is 6.01 Å².